The largest absolute Gasteiger partial charge is 0.486 e. The lowest BCUT2D eigenvalue weighted by atomic mass is 9.87. The van der Waals surface area contributed by atoms with E-state index < -0.39 is 0 Å². The van der Waals surface area contributed by atoms with E-state index in [-0.39, 0.29) is 17.9 Å². The number of rotatable bonds is 5. The van der Waals surface area contributed by atoms with Crippen LogP contribution in [-0.2, 0) is 10.2 Å². The molecule has 0 aliphatic carbocycles. The summed E-state index contributed by atoms with van der Waals surface area (Å²) in [4.78, 5) is 11.9. The molecule has 1 amide bonds. The van der Waals surface area contributed by atoms with Gasteiger partial charge in [-0.1, -0.05) is 32.9 Å². The van der Waals surface area contributed by atoms with Crippen LogP contribution in [0.1, 0.15) is 31.9 Å². The number of ether oxygens (including phenoxy) is 3. The molecule has 3 rings (SSSR count). The van der Waals surface area contributed by atoms with Gasteiger partial charge in [0.2, 0.25) is 0 Å². The number of fused-ring (bicyclic) bond motifs is 1. The van der Waals surface area contributed by atoms with Gasteiger partial charge in [-0.2, -0.15) is 5.10 Å². The maximum Gasteiger partial charge on any atom is 0.277 e. The first kappa shape index (κ1) is 18.8. The van der Waals surface area contributed by atoms with Crippen molar-refractivity contribution in [3.8, 4) is 17.2 Å². The standard InChI is InChI=1S/C21H24N2O4/c1-21(2,3)16-5-7-17(8-6-16)27-14-20(24)23-22-13-15-4-9-18-19(12-15)26-11-10-25-18/h4-9,12-13H,10-11,14H2,1-3H3,(H,23,24)/b22-13+. The number of benzene rings is 2. The van der Waals surface area contributed by atoms with E-state index in [1.807, 2.05) is 42.5 Å². The Morgan fingerprint density at radius 3 is 2.52 bits per heavy atom. The molecule has 0 saturated carbocycles. The lowest BCUT2D eigenvalue weighted by molar-refractivity contribution is -0.123. The Morgan fingerprint density at radius 1 is 1.11 bits per heavy atom. The summed E-state index contributed by atoms with van der Waals surface area (Å²) in [7, 11) is 0. The van der Waals surface area contributed by atoms with Crippen molar-refractivity contribution in [2.75, 3.05) is 19.8 Å². The fourth-order valence-corrected chi connectivity index (χ4v) is 2.55. The molecule has 0 aromatic heterocycles. The Labute approximate surface area is 159 Å². The molecule has 1 heterocycles. The van der Waals surface area contributed by atoms with Gasteiger partial charge in [-0.3, -0.25) is 4.79 Å². The zero-order valence-corrected chi connectivity index (χ0v) is 15.8. The van der Waals surface area contributed by atoms with Crippen molar-refractivity contribution in [3.63, 3.8) is 0 Å². The monoisotopic (exact) mass is 368 g/mol. The lowest BCUT2D eigenvalue weighted by Crippen LogP contribution is -2.24. The van der Waals surface area contributed by atoms with Crippen molar-refractivity contribution in [1.29, 1.82) is 0 Å². The maximum atomic E-state index is 11.9. The average molecular weight is 368 g/mol. The van der Waals surface area contributed by atoms with Gasteiger partial charge in [0.25, 0.3) is 5.91 Å². The topological polar surface area (TPSA) is 69.2 Å². The van der Waals surface area contributed by atoms with Crippen LogP contribution >= 0.6 is 0 Å². The van der Waals surface area contributed by atoms with Crippen molar-refractivity contribution in [1.82, 2.24) is 5.43 Å². The summed E-state index contributed by atoms with van der Waals surface area (Å²) in [6, 6.07) is 13.2. The van der Waals surface area contributed by atoms with E-state index in [1.165, 1.54) is 5.56 Å². The predicted octanol–water partition coefficient (Wildman–Crippen LogP) is 3.28. The van der Waals surface area contributed by atoms with Crippen molar-refractivity contribution >= 4 is 12.1 Å². The van der Waals surface area contributed by atoms with E-state index in [0.29, 0.717) is 30.5 Å². The molecule has 1 aliphatic rings. The van der Waals surface area contributed by atoms with Crippen LogP contribution < -0.4 is 19.6 Å². The highest BCUT2D eigenvalue weighted by Crippen LogP contribution is 2.30. The second-order valence-corrected chi connectivity index (χ2v) is 7.26. The van der Waals surface area contributed by atoms with Crippen molar-refractivity contribution in [3.05, 3.63) is 53.6 Å². The van der Waals surface area contributed by atoms with Crippen LogP contribution in [0.5, 0.6) is 17.2 Å². The molecule has 1 N–H and O–H groups in total. The lowest BCUT2D eigenvalue weighted by Gasteiger charge is -2.19. The van der Waals surface area contributed by atoms with E-state index in [2.05, 4.69) is 31.3 Å². The first-order chi connectivity index (χ1) is 12.9. The molecule has 6 heteroatoms. The number of amides is 1. The predicted molar refractivity (Wildman–Crippen MR) is 104 cm³/mol. The Kier molecular flexibility index (Phi) is 5.64. The van der Waals surface area contributed by atoms with Crippen LogP contribution in [0.3, 0.4) is 0 Å². The first-order valence-electron chi connectivity index (χ1n) is 8.87. The second-order valence-electron chi connectivity index (χ2n) is 7.26. The number of carbonyl (C=O) groups is 1. The van der Waals surface area contributed by atoms with Gasteiger partial charge in [0, 0.05) is 0 Å². The molecule has 2 aromatic rings. The van der Waals surface area contributed by atoms with Crippen LogP contribution in [0.25, 0.3) is 0 Å². The van der Waals surface area contributed by atoms with Crippen molar-refractivity contribution < 1.29 is 19.0 Å². The Morgan fingerprint density at radius 2 is 1.81 bits per heavy atom. The van der Waals surface area contributed by atoms with Gasteiger partial charge in [0.1, 0.15) is 19.0 Å². The zero-order valence-electron chi connectivity index (χ0n) is 15.8. The minimum Gasteiger partial charge on any atom is -0.486 e. The van der Waals surface area contributed by atoms with Crippen molar-refractivity contribution in [2.24, 2.45) is 5.10 Å². The van der Waals surface area contributed by atoms with Gasteiger partial charge >= 0.3 is 0 Å². The number of hydrazone groups is 1. The molecule has 0 fully saturated rings. The Balaban J connectivity index is 1.47. The summed E-state index contributed by atoms with van der Waals surface area (Å²) in [6.45, 7) is 7.42. The van der Waals surface area contributed by atoms with Crippen LogP contribution in [0.15, 0.2) is 47.6 Å². The molecular weight excluding hydrogens is 344 g/mol. The van der Waals surface area contributed by atoms with E-state index >= 15 is 0 Å². The number of nitrogens with one attached hydrogen (secondary N) is 1. The summed E-state index contributed by atoms with van der Waals surface area (Å²) in [6.07, 6.45) is 1.55. The number of nitrogens with zero attached hydrogens (tertiary/aromatic N) is 1. The molecule has 2 aromatic carbocycles. The molecule has 27 heavy (non-hydrogen) atoms. The SMILES string of the molecule is CC(C)(C)c1ccc(OCC(=O)N/N=C/c2ccc3c(c2)OCCO3)cc1. The fraction of sp³-hybridized carbons (Fsp3) is 0.333. The van der Waals surface area contributed by atoms with Crippen LogP contribution in [-0.4, -0.2) is 31.9 Å². The summed E-state index contributed by atoms with van der Waals surface area (Å²) in [5.74, 6) is 1.71. The van der Waals surface area contributed by atoms with E-state index in [4.69, 9.17) is 14.2 Å². The third-order valence-electron chi connectivity index (χ3n) is 4.06. The molecule has 0 bridgehead atoms. The van der Waals surface area contributed by atoms with Gasteiger partial charge in [-0.05, 0) is 46.9 Å². The van der Waals surface area contributed by atoms with Crippen LogP contribution in [0, 0.1) is 0 Å². The minimum absolute atomic E-state index is 0.0818. The second kappa shape index (κ2) is 8.12. The molecule has 0 saturated heterocycles. The molecule has 0 unspecified atom stereocenters. The van der Waals surface area contributed by atoms with Crippen LogP contribution in [0.4, 0.5) is 0 Å². The van der Waals surface area contributed by atoms with Gasteiger partial charge in [0.15, 0.2) is 18.1 Å². The third-order valence-corrected chi connectivity index (χ3v) is 4.06. The Bertz CT molecular complexity index is 823. The third kappa shape index (κ3) is 5.23. The molecule has 0 spiro atoms. The van der Waals surface area contributed by atoms with Gasteiger partial charge in [-0.15, -0.1) is 0 Å². The highest BCUT2D eigenvalue weighted by atomic mass is 16.6. The normalized spacial score (nSPS) is 13.4. The van der Waals surface area contributed by atoms with E-state index in [9.17, 15) is 4.79 Å². The fourth-order valence-electron chi connectivity index (χ4n) is 2.55. The minimum atomic E-state index is -0.330. The van der Waals surface area contributed by atoms with Gasteiger partial charge < -0.3 is 14.2 Å². The number of hydrogen-bond donors (Lipinski definition) is 1. The average Bonchev–Trinajstić information content (AvgIpc) is 2.66. The summed E-state index contributed by atoms with van der Waals surface area (Å²) < 4.78 is 16.5. The molecular formula is C21H24N2O4. The number of carbonyl (C=O) groups excluding carboxylic acids is 1. The quantitative estimate of drug-likeness (QED) is 0.650. The molecule has 0 atom stereocenters. The van der Waals surface area contributed by atoms with Gasteiger partial charge in [-0.25, -0.2) is 5.43 Å². The van der Waals surface area contributed by atoms with E-state index in [0.717, 1.165) is 5.56 Å². The Hall–Kier alpha value is -3.02. The molecule has 142 valence electrons. The van der Waals surface area contributed by atoms with Crippen LogP contribution in [0.2, 0.25) is 0 Å². The highest BCUT2D eigenvalue weighted by molar-refractivity contribution is 5.83. The maximum absolute atomic E-state index is 11.9. The molecule has 0 radical (unpaired) electrons. The van der Waals surface area contributed by atoms with E-state index in [1.54, 1.807) is 6.21 Å². The molecule has 6 nitrogen and oxygen atoms in total. The zero-order chi connectivity index (χ0) is 19.3. The summed E-state index contributed by atoms with van der Waals surface area (Å²) in [5.41, 5.74) is 4.55. The van der Waals surface area contributed by atoms with Gasteiger partial charge in [0.05, 0.1) is 6.21 Å². The smallest absolute Gasteiger partial charge is 0.277 e. The number of hydrogen-bond acceptors (Lipinski definition) is 5. The summed E-state index contributed by atoms with van der Waals surface area (Å²) >= 11 is 0. The van der Waals surface area contributed by atoms with Crippen molar-refractivity contribution in [2.45, 2.75) is 26.2 Å². The highest BCUT2D eigenvalue weighted by Gasteiger charge is 2.13. The summed E-state index contributed by atoms with van der Waals surface area (Å²) in [5, 5.41) is 3.95. The molecule has 1 aliphatic heterocycles. The first-order valence-corrected chi connectivity index (χ1v) is 8.87.